The van der Waals surface area contributed by atoms with Crippen LogP contribution in [0.25, 0.3) is 5.57 Å². The summed E-state index contributed by atoms with van der Waals surface area (Å²) in [4.78, 5) is 7.11. The van der Waals surface area contributed by atoms with Crippen molar-refractivity contribution in [2.24, 2.45) is 0 Å². The molecular weight excluding hydrogens is 298 g/mol. The summed E-state index contributed by atoms with van der Waals surface area (Å²) in [6.45, 7) is 8.75. The van der Waals surface area contributed by atoms with Gasteiger partial charge in [-0.25, -0.2) is 4.98 Å². The van der Waals surface area contributed by atoms with Crippen molar-refractivity contribution in [1.82, 2.24) is 14.5 Å². The normalized spacial score (nSPS) is 16.0. The Morgan fingerprint density at radius 3 is 2.67 bits per heavy atom. The maximum Gasteiger partial charge on any atom is 0.142 e. The predicted molar refractivity (Wildman–Crippen MR) is 97.8 cm³/mol. The van der Waals surface area contributed by atoms with Crippen LogP contribution in [0.15, 0.2) is 42.7 Å². The van der Waals surface area contributed by atoms with Crippen LogP contribution in [0.3, 0.4) is 0 Å². The molecule has 1 saturated heterocycles. The number of hydrogen-bond donors (Lipinski definition) is 0. The Kier molecular flexibility index (Phi) is 5.83. The molecule has 1 aromatic carbocycles. The second-order valence-electron chi connectivity index (χ2n) is 6.33. The highest BCUT2D eigenvalue weighted by atomic mass is 16.5. The molecule has 0 bridgehead atoms. The molecular formula is C20H27N3O. The van der Waals surface area contributed by atoms with Gasteiger partial charge in [0, 0.05) is 31.1 Å². The van der Waals surface area contributed by atoms with Crippen molar-refractivity contribution in [2.45, 2.75) is 33.4 Å². The molecule has 0 spiro atoms. The molecule has 1 aromatic heterocycles. The van der Waals surface area contributed by atoms with Gasteiger partial charge in [-0.2, -0.15) is 0 Å². The van der Waals surface area contributed by atoms with Gasteiger partial charge in [0.15, 0.2) is 0 Å². The standard InChI is InChI=1S/C20H27N3O/c1-3-24-16-23-15-11-21-20(23)19(10-14-22-12-4-5-13-22)18-8-6-17(2)7-9-18/h6-11,15H,3-5,12-14,16H2,1-2H3. The highest BCUT2D eigenvalue weighted by molar-refractivity contribution is 5.76. The molecule has 2 aromatic rings. The maximum atomic E-state index is 5.59. The number of aryl methyl sites for hydroxylation is 1. The lowest BCUT2D eigenvalue weighted by molar-refractivity contribution is 0.0872. The van der Waals surface area contributed by atoms with E-state index in [0.717, 1.165) is 12.4 Å². The number of rotatable bonds is 7. The van der Waals surface area contributed by atoms with E-state index in [4.69, 9.17) is 4.74 Å². The molecule has 128 valence electrons. The second-order valence-corrected chi connectivity index (χ2v) is 6.33. The third kappa shape index (κ3) is 4.13. The van der Waals surface area contributed by atoms with Crippen LogP contribution >= 0.6 is 0 Å². The highest BCUT2D eigenvalue weighted by Crippen LogP contribution is 2.23. The molecule has 0 unspecified atom stereocenters. The van der Waals surface area contributed by atoms with Crippen LogP contribution in [0, 0.1) is 6.92 Å². The molecule has 1 aliphatic heterocycles. The van der Waals surface area contributed by atoms with Crippen LogP contribution in [0.5, 0.6) is 0 Å². The zero-order valence-electron chi connectivity index (χ0n) is 14.7. The summed E-state index contributed by atoms with van der Waals surface area (Å²) < 4.78 is 7.67. The lowest BCUT2D eigenvalue weighted by Gasteiger charge is -2.15. The fourth-order valence-corrected chi connectivity index (χ4v) is 3.10. The number of benzene rings is 1. The minimum Gasteiger partial charge on any atom is -0.361 e. The van der Waals surface area contributed by atoms with Crippen LogP contribution in [0.2, 0.25) is 0 Å². The Bertz CT molecular complexity index is 666. The van der Waals surface area contributed by atoms with Crippen molar-refractivity contribution in [2.75, 3.05) is 26.2 Å². The smallest absolute Gasteiger partial charge is 0.142 e. The van der Waals surface area contributed by atoms with E-state index in [1.165, 1.54) is 42.6 Å². The van der Waals surface area contributed by atoms with E-state index in [-0.39, 0.29) is 0 Å². The number of hydrogen-bond acceptors (Lipinski definition) is 3. The maximum absolute atomic E-state index is 5.59. The first-order chi connectivity index (χ1) is 11.8. The van der Waals surface area contributed by atoms with Crippen molar-refractivity contribution >= 4 is 5.57 Å². The molecule has 3 rings (SSSR count). The summed E-state index contributed by atoms with van der Waals surface area (Å²) in [6, 6.07) is 8.69. The van der Waals surface area contributed by atoms with E-state index < -0.39 is 0 Å². The van der Waals surface area contributed by atoms with Gasteiger partial charge in [0.1, 0.15) is 12.6 Å². The minimum atomic E-state index is 0.540. The van der Waals surface area contributed by atoms with Crippen LogP contribution < -0.4 is 0 Å². The summed E-state index contributed by atoms with van der Waals surface area (Å²) in [5, 5.41) is 0. The number of likely N-dealkylation sites (tertiary alicyclic amines) is 1. The molecule has 1 aliphatic rings. The van der Waals surface area contributed by atoms with Crippen molar-refractivity contribution < 1.29 is 4.74 Å². The molecule has 0 amide bonds. The molecule has 0 radical (unpaired) electrons. The Morgan fingerprint density at radius 2 is 1.96 bits per heavy atom. The van der Waals surface area contributed by atoms with E-state index in [1.54, 1.807) is 0 Å². The van der Waals surface area contributed by atoms with Crippen LogP contribution in [0.1, 0.15) is 36.7 Å². The second kappa shape index (κ2) is 8.27. The van der Waals surface area contributed by atoms with Gasteiger partial charge in [-0.1, -0.05) is 35.9 Å². The number of imidazole rings is 1. The van der Waals surface area contributed by atoms with Gasteiger partial charge in [0.05, 0.1) is 0 Å². The number of nitrogens with zero attached hydrogens (tertiary/aromatic N) is 3. The van der Waals surface area contributed by atoms with Crippen molar-refractivity contribution in [1.29, 1.82) is 0 Å². The van der Waals surface area contributed by atoms with Gasteiger partial charge in [-0.3, -0.25) is 4.90 Å². The molecule has 0 aliphatic carbocycles. The number of ether oxygens (including phenoxy) is 1. The molecule has 2 heterocycles. The van der Waals surface area contributed by atoms with E-state index in [2.05, 4.69) is 51.7 Å². The van der Waals surface area contributed by atoms with Crippen LogP contribution in [-0.4, -0.2) is 40.7 Å². The van der Waals surface area contributed by atoms with Crippen molar-refractivity contribution in [3.05, 3.63) is 59.7 Å². The summed E-state index contributed by atoms with van der Waals surface area (Å²) in [7, 11) is 0. The quantitative estimate of drug-likeness (QED) is 0.777. The molecule has 4 nitrogen and oxygen atoms in total. The molecule has 0 saturated carbocycles. The monoisotopic (exact) mass is 325 g/mol. The summed E-state index contributed by atoms with van der Waals surface area (Å²) in [5.41, 5.74) is 3.67. The van der Waals surface area contributed by atoms with Gasteiger partial charge >= 0.3 is 0 Å². The SMILES string of the molecule is CCOCn1ccnc1C(=CCN1CCCC1)c1ccc(C)cc1. The highest BCUT2D eigenvalue weighted by Gasteiger charge is 2.14. The zero-order valence-corrected chi connectivity index (χ0v) is 14.7. The van der Waals surface area contributed by atoms with Crippen LogP contribution in [-0.2, 0) is 11.5 Å². The third-order valence-corrected chi connectivity index (χ3v) is 4.51. The van der Waals surface area contributed by atoms with Crippen molar-refractivity contribution in [3.8, 4) is 0 Å². The lowest BCUT2D eigenvalue weighted by Crippen LogP contribution is -2.19. The topological polar surface area (TPSA) is 30.3 Å². The first-order valence-electron chi connectivity index (χ1n) is 8.86. The van der Waals surface area contributed by atoms with Gasteiger partial charge in [0.2, 0.25) is 0 Å². The first-order valence-corrected chi connectivity index (χ1v) is 8.86. The summed E-state index contributed by atoms with van der Waals surface area (Å²) >= 11 is 0. The molecule has 4 heteroatoms. The average molecular weight is 325 g/mol. The Balaban J connectivity index is 1.90. The largest absolute Gasteiger partial charge is 0.361 e. The predicted octanol–water partition coefficient (Wildman–Crippen LogP) is 3.71. The van der Waals surface area contributed by atoms with Gasteiger partial charge in [-0.15, -0.1) is 0 Å². The summed E-state index contributed by atoms with van der Waals surface area (Å²) in [5.74, 6) is 0.978. The van der Waals surface area contributed by atoms with Crippen molar-refractivity contribution in [3.63, 3.8) is 0 Å². The molecule has 0 atom stereocenters. The molecule has 24 heavy (non-hydrogen) atoms. The van der Waals surface area contributed by atoms with Crippen LogP contribution in [0.4, 0.5) is 0 Å². The first kappa shape index (κ1) is 16.9. The zero-order chi connectivity index (χ0) is 16.8. The molecule has 1 fully saturated rings. The fraction of sp³-hybridized carbons (Fsp3) is 0.450. The third-order valence-electron chi connectivity index (χ3n) is 4.51. The Hall–Kier alpha value is -1.91. The van der Waals surface area contributed by atoms with Gasteiger partial charge in [0.25, 0.3) is 0 Å². The van der Waals surface area contributed by atoms with Gasteiger partial charge < -0.3 is 9.30 Å². The lowest BCUT2D eigenvalue weighted by atomic mass is 10.0. The Morgan fingerprint density at radius 1 is 1.21 bits per heavy atom. The van der Waals surface area contributed by atoms with E-state index in [9.17, 15) is 0 Å². The van der Waals surface area contributed by atoms with E-state index >= 15 is 0 Å². The minimum absolute atomic E-state index is 0.540. The fourth-order valence-electron chi connectivity index (χ4n) is 3.10. The van der Waals surface area contributed by atoms with E-state index in [1.807, 2.05) is 19.3 Å². The van der Waals surface area contributed by atoms with E-state index in [0.29, 0.717) is 13.3 Å². The van der Waals surface area contributed by atoms with Gasteiger partial charge in [-0.05, 0) is 45.3 Å². The summed E-state index contributed by atoms with van der Waals surface area (Å²) in [6.07, 6.45) is 8.79. The Labute approximate surface area is 144 Å². The average Bonchev–Trinajstić information content (AvgIpc) is 3.27. The molecule has 0 N–H and O–H groups in total. The number of aromatic nitrogens is 2.